The lowest BCUT2D eigenvalue weighted by Gasteiger charge is -2.26. The summed E-state index contributed by atoms with van der Waals surface area (Å²) in [5.74, 6) is -3.38. The number of nitrogens with zero attached hydrogens (tertiary/aromatic N) is 2. The van der Waals surface area contributed by atoms with E-state index >= 15 is 4.39 Å². The summed E-state index contributed by atoms with van der Waals surface area (Å²) >= 11 is 0. The van der Waals surface area contributed by atoms with Gasteiger partial charge in [-0.05, 0) is 67.8 Å². The minimum atomic E-state index is -1.28. The van der Waals surface area contributed by atoms with Crippen molar-refractivity contribution in [3.8, 4) is 23.0 Å². The van der Waals surface area contributed by atoms with E-state index in [-0.39, 0.29) is 11.4 Å². The largest absolute Gasteiger partial charge is 0.493 e. The number of aromatic nitrogens is 1. The maximum absolute atomic E-state index is 15.2. The summed E-state index contributed by atoms with van der Waals surface area (Å²) in [5, 5.41) is 21.5. The van der Waals surface area contributed by atoms with E-state index in [0.29, 0.717) is 65.4 Å². The van der Waals surface area contributed by atoms with Gasteiger partial charge in [-0.25, -0.2) is 18.4 Å². The second-order valence-corrected chi connectivity index (χ2v) is 12.2. The molecule has 14 nitrogen and oxygen atoms in total. The van der Waals surface area contributed by atoms with Crippen LogP contribution < -0.4 is 24.8 Å². The van der Waals surface area contributed by atoms with Crippen molar-refractivity contribution in [3.05, 3.63) is 90.6 Å². The molecule has 2 aliphatic rings. The molecule has 54 heavy (non-hydrogen) atoms. The van der Waals surface area contributed by atoms with Crippen molar-refractivity contribution in [2.24, 2.45) is 5.41 Å². The maximum atomic E-state index is 15.2. The highest BCUT2D eigenvalue weighted by Gasteiger charge is 2.56. The Hall–Kier alpha value is -6.13. The molecule has 2 amide bonds. The monoisotopic (exact) mass is 748 g/mol. The topological polar surface area (TPSA) is 186 Å². The van der Waals surface area contributed by atoms with Crippen LogP contribution >= 0.6 is 0 Å². The summed E-state index contributed by atoms with van der Waals surface area (Å²) in [4.78, 5) is 51.8. The van der Waals surface area contributed by atoms with Gasteiger partial charge in [0.05, 0.1) is 32.4 Å². The van der Waals surface area contributed by atoms with E-state index in [4.69, 9.17) is 29.2 Å². The number of aliphatic carboxylic acids is 2. The summed E-state index contributed by atoms with van der Waals surface area (Å²) in [6.45, 7) is 4.76. The first-order valence-electron chi connectivity index (χ1n) is 16.9. The highest BCUT2D eigenvalue weighted by Crippen LogP contribution is 2.47. The molecule has 1 saturated carbocycles. The van der Waals surface area contributed by atoms with Crippen molar-refractivity contribution in [3.63, 3.8) is 0 Å². The number of morpholine rings is 1. The first-order chi connectivity index (χ1) is 26.0. The zero-order valence-electron chi connectivity index (χ0n) is 29.2. The number of pyridine rings is 1. The fourth-order valence-electron chi connectivity index (χ4n) is 5.42. The van der Waals surface area contributed by atoms with Gasteiger partial charge in [0, 0.05) is 66.9 Å². The van der Waals surface area contributed by atoms with E-state index in [9.17, 15) is 23.6 Å². The summed E-state index contributed by atoms with van der Waals surface area (Å²) < 4.78 is 51.4. The van der Waals surface area contributed by atoms with Crippen LogP contribution in [0.15, 0.2) is 79.0 Å². The van der Waals surface area contributed by atoms with Crippen molar-refractivity contribution >= 4 is 46.0 Å². The zero-order valence-corrected chi connectivity index (χ0v) is 29.2. The highest BCUT2D eigenvalue weighted by atomic mass is 19.1. The Kier molecular flexibility index (Phi) is 13.1. The van der Waals surface area contributed by atoms with Gasteiger partial charge in [-0.3, -0.25) is 19.5 Å². The fraction of sp³-hybridized carbons (Fsp3) is 0.289. The van der Waals surface area contributed by atoms with E-state index in [0.717, 1.165) is 45.3 Å². The number of carbonyl (C=O) groups excluding carboxylic acids is 2. The van der Waals surface area contributed by atoms with E-state index in [1.54, 1.807) is 31.5 Å². The number of halogens is 2. The Balaban J connectivity index is 0.000000631. The molecule has 1 saturated heterocycles. The molecule has 2 fully saturated rings. The lowest BCUT2D eigenvalue weighted by atomic mass is 10.0. The number of carboxylic acids is 2. The van der Waals surface area contributed by atoms with Crippen LogP contribution in [0.25, 0.3) is 10.9 Å². The van der Waals surface area contributed by atoms with Gasteiger partial charge in [-0.2, -0.15) is 0 Å². The summed E-state index contributed by atoms with van der Waals surface area (Å²) in [7, 11) is 1.55. The molecule has 4 N–H and O–H groups in total. The second-order valence-electron chi connectivity index (χ2n) is 12.2. The first kappa shape index (κ1) is 39.1. The number of carbonyl (C=O) groups is 4. The number of hydrogen-bond acceptors (Lipinski definition) is 10. The highest BCUT2D eigenvalue weighted by molar-refractivity contribution is 6.16. The molecule has 0 radical (unpaired) electrons. The Labute approximate surface area is 308 Å². The number of fused-ring (bicyclic) bond motifs is 1. The molecule has 0 bridgehead atoms. The number of benzene rings is 3. The zero-order chi connectivity index (χ0) is 38.7. The molecule has 2 heterocycles. The van der Waals surface area contributed by atoms with Gasteiger partial charge in [0.1, 0.15) is 17.0 Å². The molecular formula is C38H38F2N4O10. The SMILES string of the molecule is COc1cc2c(Oc3ccc(NC(=O)C4(C(=O)Nc5ccc(F)cc5)CC4)cc3F)ccnc2cc1OCCCN1CCOCC1.O=C(O)/C=C\C(=O)O. The fourth-order valence-corrected chi connectivity index (χ4v) is 5.42. The number of methoxy groups -OCH3 is 1. The Bertz CT molecular complexity index is 2000. The summed E-state index contributed by atoms with van der Waals surface area (Å²) in [6.07, 6.45) is 4.21. The Morgan fingerprint density at radius 2 is 1.50 bits per heavy atom. The van der Waals surface area contributed by atoms with E-state index < -0.39 is 40.8 Å². The normalized spacial score (nSPS) is 14.7. The third-order valence-electron chi connectivity index (χ3n) is 8.47. The molecule has 4 aromatic rings. The molecule has 284 valence electrons. The quantitative estimate of drug-likeness (QED) is 0.0724. The van der Waals surface area contributed by atoms with Gasteiger partial charge in [-0.15, -0.1) is 0 Å². The Morgan fingerprint density at radius 3 is 2.11 bits per heavy atom. The van der Waals surface area contributed by atoms with Gasteiger partial charge >= 0.3 is 11.9 Å². The lowest BCUT2D eigenvalue weighted by Crippen LogP contribution is -2.37. The Morgan fingerprint density at radius 1 is 0.852 bits per heavy atom. The van der Waals surface area contributed by atoms with Crippen LogP contribution in [0, 0.1) is 17.0 Å². The van der Waals surface area contributed by atoms with Gasteiger partial charge < -0.3 is 39.8 Å². The molecule has 1 aromatic heterocycles. The van der Waals surface area contributed by atoms with Gasteiger partial charge in [-0.1, -0.05) is 0 Å². The predicted octanol–water partition coefficient (Wildman–Crippen LogP) is 5.48. The molecule has 0 atom stereocenters. The number of ether oxygens (including phenoxy) is 4. The van der Waals surface area contributed by atoms with Crippen LogP contribution in [0.4, 0.5) is 20.2 Å². The molecular weight excluding hydrogens is 710 g/mol. The van der Waals surface area contributed by atoms with Crippen molar-refractivity contribution in [1.29, 1.82) is 0 Å². The van der Waals surface area contributed by atoms with E-state index in [1.165, 1.54) is 36.4 Å². The number of amides is 2. The minimum Gasteiger partial charge on any atom is -0.493 e. The molecule has 1 aliphatic heterocycles. The number of nitrogens with one attached hydrogen (secondary N) is 2. The lowest BCUT2D eigenvalue weighted by molar-refractivity contribution is -0.134. The number of rotatable bonds is 14. The third kappa shape index (κ3) is 10.5. The summed E-state index contributed by atoms with van der Waals surface area (Å²) in [5.41, 5.74) is -0.144. The standard InChI is InChI=1S/C34H34F2N4O6.C4H4O4/c1-43-30-20-25-27(21-31(30)45-16-2-13-40-14-17-44-18-15-40)37-12-9-28(25)46-29-8-7-24(19-26(29)36)39-33(42)34(10-11-34)32(41)38-23-5-3-22(35)4-6-23;5-3(6)1-2-4(7)8/h3-9,12,19-21H,2,10-11,13-18H2,1H3,(H,38,41)(H,39,42);1-2H,(H,5,6)(H,7,8)/b;2-1-. The van der Waals surface area contributed by atoms with Crippen molar-refractivity contribution < 1.29 is 57.1 Å². The molecule has 16 heteroatoms. The van der Waals surface area contributed by atoms with Gasteiger partial charge in [0.25, 0.3) is 0 Å². The molecule has 0 unspecified atom stereocenters. The van der Waals surface area contributed by atoms with Gasteiger partial charge in [0.15, 0.2) is 23.1 Å². The predicted molar refractivity (Wildman–Crippen MR) is 192 cm³/mol. The summed E-state index contributed by atoms with van der Waals surface area (Å²) in [6, 6.07) is 14.4. The first-order valence-corrected chi connectivity index (χ1v) is 16.9. The average Bonchev–Trinajstić information content (AvgIpc) is 3.98. The minimum absolute atomic E-state index is 0.0666. The van der Waals surface area contributed by atoms with Crippen LogP contribution in [0.5, 0.6) is 23.0 Å². The van der Waals surface area contributed by atoms with Crippen LogP contribution in [0.1, 0.15) is 19.3 Å². The third-order valence-corrected chi connectivity index (χ3v) is 8.47. The van der Waals surface area contributed by atoms with Crippen LogP contribution in [-0.2, 0) is 23.9 Å². The van der Waals surface area contributed by atoms with Gasteiger partial charge in [0.2, 0.25) is 11.8 Å². The van der Waals surface area contributed by atoms with Crippen LogP contribution in [0.3, 0.4) is 0 Å². The molecule has 3 aromatic carbocycles. The van der Waals surface area contributed by atoms with E-state index in [1.807, 2.05) is 0 Å². The number of anilines is 2. The molecule has 6 rings (SSSR count). The van der Waals surface area contributed by atoms with Crippen LogP contribution in [-0.4, -0.2) is 90.4 Å². The number of carboxylic acid groups (broad SMARTS) is 2. The van der Waals surface area contributed by atoms with Crippen LogP contribution in [0.2, 0.25) is 0 Å². The molecule has 1 aliphatic carbocycles. The molecule has 0 spiro atoms. The number of hydrogen-bond donors (Lipinski definition) is 4. The van der Waals surface area contributed by atoms with Crippen molar-refractivity contribution in [1.82, 2.24) is 9.88 Å². The average molecular weight is 749 g/mol. The van der Waals surface area contributed by atoms with E-state index in [2.05, 4.69) is 20.5 Å². The van der Waals surface area contributed by atoms with Crippen molar-refractivity contribution in [2.75, 3.05) is 57.2 Å². The smallest absolute Gasteiger partial charge is 0.328 e. The maximum Gasteiger partial charge on any atom is 0.328 e. The second kappa shape index (κ2) is 18.1. The van der Waals surface area contributed by atoms with Crippen molar-refractivity contribution in [2.45, 2.75) is 19.3 Å².